The van der Waals surface area contributed by atoms with Crippen LogP contribution in [0.2, 0.25) is 0 Å². The number of rotatable bonds is 5. The van der Waals surface area contributed by atoms with Crippen LogP contribution in [0.3, 0.4) is 0 Å². The Kier molecular flexibility index (Phi) is 4.31. The van der Waals surface area contributed by atoms with Gasteiger partial charge in [-0.2, -0.15) is 0 Å². The first-order chi connectivity index (χ1) is 9.83. The lowest BCUT2D eigenvalue weighted by molar-refractivity contribution is 0.587. The number of nitrogens with one attached hydrogen (secondary N) is 1. The fourth-order valence-electron chi connectivity index (χ4n) is 2.12. The van der Waals surface area contributed by atoms with Gasteiger partial charge >= 0.3 is 0 Å². The van der Waals surface area contributed by atoms with Gasteiger partial charge in [-0.3, -0.25) is 0 Å². The Hall–Kier alpha value is -1.42. The molecule has 0 aliphatic carbocycles. The van der Waals surface area contributed by atoms with Gasteiger partial charge in [0, 0.05) is 27.2 Å². The summed E-state index contributed by atoms with van der Waals surface area (Å²) in [5.41, 5.74) is 1.30. The van der Waals surface area contributed by atoms with Crippen LogP contribution in [0.5, 0.6) is 0 Å². The molecule has 0 aliphatic rings. The van der Waals surface area contributed by atoms with E-state index in [-0.39, 0.29) is 0 Å². The molecule has 0 aliphatic heterocycles. The Bertz CT molecular complexity index is 641. The maximum absolute atomic E-state index is 3.59. The number of thiophene rings is 2. The van der Waals surface area contributed by atoms with Gasteiger partial charge in [-0.15, -0.1) is 22.7 Å². The van der Waals surface area contributed by atoms with Gasteiger partial charge in [-0.05, 0) is 36.1 Å². The van der Waals surface area contributed by atoms with E-state index < -0.39 is 0 Å². The van der Waals surface area contributed by atoms with Crippen molar-refractivity contribution in [2.45, 2.75) is 19.5 Å². The van der Waals surface area contributed by atoms with Crippen LogP contribution in [-0.4, -0.2) is 0 Å². The van der Waals surface area contributed by atoms with Crippen molar-refractivity contribution in [2.24, 2.45) is 0 Å². The zero-order valence-corrected chi connectivity index (χ0v) is 13.0. The first-order valence-electron chi connectivity index (χ1n) is 6.74. The lowest BCUT2D eigenvalue weighted by atomic mass is 10.2. The standard InChI is InChI=1S/C17H17NS2/c1-13(16-8-5-11-19-16)18-12-15-9-10-17(20-15)14-6-3-2-4-7-14/h2-11,13,18H,12H2,1H3/t13-/m0/s1. The average molecular weight is 299 g/mol. The molecule has 0 saturated carbocycles. The second-order valence-corrected chi connectivity index (χ2v) is 6.90. The zero-order valence-electron chi connectivity index (χ0n) is 11.4. The molecule has 0 fully saturated rings. The summed E-state index contributed by atoms with van der Waals surface area (Å²) >= 11 is 3.68. The van der Waals surface area contributed by atoms with Gasteiger partial charge in [0.25, 0.3) is 0 Å². The van der Waals surface area contributed by atoms with Crippen LogP contribution in [0.25, 0.3) is 10.4 Å². The van der Waals surface area contributed by atoms with Crippen molar-refractivity contribution in [2.75, 3.05) is 0 Å². The van der Waals surface area contributed by atoms with E-state index in [2.05, 4.69) is 72.2 Å². The largest absolute Gasteiger partial charge is 0.305 e. The lowest BCUT2D eigenvalue weighted by Gasteiger charge is -2.10. The Morgan fingerprint density at radius 1 is 1.00 bits per heavy atom. The summed E-state index contributed by atoms with van der Waals surface area (Å²) in [7, 11) is 0. The predicted molar refractivity (Wildman–Crippen MR) is 89.3 cm³/mol. The normalized spacial score (nSPS) is 12.4. The molecular weight excluding hydrogens is 282 g/mol. The molecule has 0 amide bonds. The fourth-order valence-corrected chi connectivity index (χ4v) is 3.85. The highest BCUT2D eigenvalue weighted by atomic mass is 32.1. The minimum Gasteiger partial charge on any atom is -0.305 e. The Balaban J connectivity index is 1.63. The van der Waals surface area contributed by atoms with Crippen molar-refractivity contribution < 1.29 is 0 Å². The highest BCUT2D eigenvalue weighted by molar-refractivity contribution is 7.15. The number of hydrogen-bond donors (Lipinski definition) is 1. The van der Waals surface area contributed by atoms with Gasteiger partial charge in [0.2, 0.25) is 0 Å². The molecule has 2 aromatic heterocycles. The number of hydrogen-bond acceptors (Lipinski definition) is 3. The third-order valence-electron chi connectivity index (χ3n) is 3.27. The summed E-state index contributed by atoms with van der Waals surface area (Å²) in [4.78, 5) is 4.11. The molecule has 0 radical (unpaired) electrons. The summed E-state index contributed by atoms with van der Waals surface area (Å²) in [5, 5.41) is 5.72. The molecule has 0 spiro atoms. The molecule has 0 saturated heterocycles. The van der Waals surface area contributed by atoms with Crippen molar-refractivity contribution >= 4 is 22.7 Å². The smallest absolute Gasteiger partial charge is 0.0389 e. The van der Waals surface area contributed by atoms with E-state index in [0.717, 1.165) is 6.54 Å². The van der Waals surface area contributed by atoms with Crippen molar-refractivity contribution in [1.82, 2.24) is 5.32 Å². The predicted octanol–water partition coefficient (Wildman–Crippen LogP) is 5.33. The Labute approximate surface area is 127 Å². The Morgan fingerprint density at radius 2 is 1.85 bits per heavy atom. The molecule has 2 heterocycles. The maximum Gasteiger partial charge on any atom is 0.0389 e. The third kappa shape index (κ3) is 3.18. The minimum absolute atomic E-state index is 0.414. The van der Waals surface area contributed by atoms with Crippen molar-refractivity contribution in [3.8, 4) is 10.4 Å². The van der Waals surface area contributed by atoms with Crippen LogP contribution in [0.4, 0.5) is 0 Å². The van der Waals surface area contributed by atoms with E-state index >= 15 is 0 Å². The molecule has 20 heavy (non-hydrogen) atoms. The first kappa shape index (κ1) is 13.6. The van der Waals surface area contributed by atoms with Crippen LogP contribution in [-0.2, 0) is 6.54 Å². The lowest BCUT2D eigenvalue weighted by Crippen LogP contribution is -2.16. The summed E-state index contributed by atoms with van der Waals surface area (Å²) in [6.07, 6.45) is 0. The molecule has 3 rings (SSSR count). The van der Waals surface area contributed by atoms with E-state index in [1.54, 1.807) is 0 Å². The quantitative estimate of drug-likeness (QED) is 0.671. The third-order valence-corrected chi connectivity index (χ3v) is 5.46. The van der Waals surface area contributed by atoms with E-state index in [4.69, 9.17) is 0 Å². The second kappa shape index (κ2) is 6.35. The molecule has 0 unspecified atom stereocenters. The van der Waals surface area contributed by atoms with E-state index in [1.807, 2.05) is 22.7 Å². The molecule has 0 bridgehead atoms. The van der Waals surface area contributed by atoms with Gasteiger partial charge in [0.15, 0.2) is 0 Å². The summed E-state index contributed by atoms with van der Waals surface area (Å²) in [6.45, 7) is 3.15. The minimum atomic E-state index is 0.414. The average Bonchev–Trinajstić information content (AvgIpc) is 3.17. The monoisotopic (exact) mass is 299 g/mol. The van der Waals surface area contributed by atoms with Gasteiger partial charge < -0.3 is 5.32 Å². The van der Waals surface area contributed by atoms with Crippen LogP contribution < -0.4 is 5.32 Å². The molecular formula is C17H17NS2. The van der Waals surface area contributed by atoms with Crippen LogP contribution in [0.1, 0.15) is 22.7 Å². The zero-order chi connectivity index (χ0) is 13.8. The topological polar surface area (TPSA) is 12.0 Å². The van der Waals surface area contributed by atoms with Crippen LogP contribution in [0.15, 0.2) is 60.0 Å². The van der Waals surface area contributed by atoms with Crippen molar-refractivity contribution in [1.29, 1.82) is 0 Å². The van der Waals surface area contributed by atoms with Crippen LogP contribution in [0, 0.1) is 0 Å². The molecule has 3 heteroatoms. The Morgan fingerprint density at radius 3 is 2.60 bits per heavy atom. The highest BCUT2D eigenvalue weighted by Gasteiger charge is 2.07. The maximum atomic E-state index is 3.59. The summed E-state index contributed by atoms with van der Waals surface area (Å²) < 4.78 is 0. The molecule has 3 aromatic rings. The van der Waals surface area contributed by atoms with Gasteiger partial charge in [-0.1, -0.05) is 36.4 Å². The first-order valence-corrected chi connectivity index (χ1v) is 8.43. The molecule has 1 nitrogen and oxygen atoms in total. The molecule has 1 atom stereocenters. The van der Waals surface area contributed by atoms with E-state index in [0.29, 0.717) is 6.04 Å². The van der Waals surface area contributed by atoms with Crippen molar-refractivity contribution in [3.05, 3.63) is 69.7 Å². The van der Waals surface area contributed by atoms with Crippen LogP contribution >= 0.6 is 22.7 Å². The van der Waals surface area contributed by atoms with E-state index in [1.165, 1.54) is 20.2 Å². The summed E-state index contributed by atoms with van der Waals surface area (Å²) in [6, 6.07) is 19.7. The SMILES string of the molecule is C[C@H](NCc1ccc(-c2ccccc2)s1)c1cccs1. The van der Waals surface area contributed by atoms with Gasteiger partial charge in [0.1, 0.15) is 0 Å². The molecule has 1 aromatic carbocycles. The fraction of sp³-hybridized carbons (Fsp3) is 0.176. The highest BCUT2D eigenvalue weighted by Crippen LogP contribution is 2.28. The van der Waals surface area contributed by atoms with E-state index in [9.17, 15) is 0 Å². The molecule has 102 valence electrons. The van der Waals surface area contributed by atoms with Crippen molar-refractivity contribution in [3.63, 3.8) is 0 Å². The second-order valence-electron chi connectivity index (χ2n) is 4.75. The summed E-state index contributed by atoms with van der Waals surface area (Å²) in [5.74, 6) is 0. The van der Waals surface area contributed by atoms with Gasteiger partial charge in [0.05, 0.1) is 0 Å². The molecule has 1 N–H and O–H groups in total. The number of benzene rings is 1. The van der Waals surface area contributed by atoms with Gasteiger partial charge in [-0.25, -0.2) is 0 Å².